The van der Waals surface area contributed by atoms with Crippen molar-refractivity contribution in [2.45, 2.75) is 31.5 Å². The molecule has 0 bridgehead atoms. The summed E-state index contributed by atoms with van der Waals surface area (Å²) >= 11 is 3.58. The molecule has 0 saturated carbocycles. The van der Waals surface area contributed by atoms with Crippen LogP contribution in [-0.2, 0) is 18.4 Å². The number of amides is 2. The number of carbonyl (C=O) groups is 2. The molecule has 3 rings (SSSR count). The Morgan fingerprint density at radius 2 is 1.87 bits per heavy atom. The van der Waals surface area contributed by atoms with Crippen molar-refractivity contribution in [3.8, 4) is 0 Å². The van der Waals surface area contributed by atoms with Crippen LogP contribution < -0.4 is 10.6 Å². The number of nitrogens with zero attached hydrogens (tertiary/aromatic N) is 3. The zero-order valence-corrected chi connectivity index (χ0v) is 20.5. The highest BCUT2D eigenvalue weighted by Gasteiger charge is 2.15. The number of anilines is 1. The molecular formula is C22H24IN5O2S. The lowest BCUT2D eigenvalue weighted by Crippen LogP contribution is -2.24. The molecule has 2 amide bonds. The normalized spacial score (nSPS) is 10.9. The van der Waals surface area contributed by atoms with Gasteiger partial charge in [-0.3, -0.25) is 9.59 Å². The van der Waals surface area contributed by atoms with E-state index in [1.807, 2.05) is 37.4 Å². The van der Waals surface area contributed by atoms with Crippen LogP contribution in [0.3, 0.4) is 0 Å². The molecule has 2 aromatic carbocycles. The topological polar surface area (TPSA) is 88.9 Å². The van der Waals surface area contributed by atoms with Crippen LogP contribution in [0.4, 0.5) is 5.69 Å². The molecule has 1 aromatic heterocycles. The predicted octanol–water partition coefficient (Wildman–Crippen LogP) is 4.20. The van der Waals surface area contributed by atoms with E-state index in [1.54, 1.807) is 16.7 Å². The number of rotatable bonds is 8. The first-order chi connectivity index (χ1) is 14.8. The zero-order valence-electron chi connectivity index (χ0n) is 17.6. The van der Waals surface area contributed by atoms with Crippen LogP contribution in [0.15, 0.2) is 53.7 Å². The Balaban J connectivity index is 1.55. The monoisotopic (exact) mass is 549 g/mol. The second-order valence-electron chi connectivity index (χ2n) is 7.23. The molecule has 3 aromatic rings. The van der Waals surface area contributed by atoms with Crippen LogP contribution in [0.25, 0.3) is 0 Å². The number of nitrogens with one attached hydrogen (secondary N) is 2. The van der Waals surface area contributed by atoms with Crippen molar-refractivity contribution < 1.29 is 9.59 Å². The van der Waals surface area contributed by atoms with Gasteiger partial charge in [0.1, 0.15) is 0 Å². The second kappa shape index (κ2) is 10.8. The number of thioether (sulfide) groups is 1. The van der Waals surface area contributed by atoms with Gasteiger partial charge in [-0.2, -0.15) is 0 Å². The first-order valence-electron chi connectivity index (χ1n) is 9.78. The molecule has 31 heavy (non-hydrogen) atoms. The minimum Gasteiger partial charge on any atom is -0.345 e. The van der Waals surface area contributed by atoms with Crippen molar-refractivity contribution in [3.05, 3.63) is 69.1 Å². The largest absolute Gasteiger partial charge is 0.345 e. The Kier molecular flexibility index (Phi) is 8.08. The fourth-order valence-corrected chi connectivity index (χ4v) is 4.16. The average Bonchev–Trinajstić information content (AvgIpc) is 3.11. The van der Waals surface area contributed by atoms with Gasteiger partial charge in [0.15, 0.2) is 11.0 Å². The standard InChI is InChI=1S/C22H24IN5O2S/c1-14(2)17-11-16(23)9-10-18(17)25-20(29)13-31-22-27-26-19(28(22)3)12-24-21(30)15-7-5-4-6-8-15/h4-11,14H,12-13H2,1-3H3,(H,24,30)(H,25,29). The Morgan fingerprint density at radius 3 is 2.58 bits per heavy atom. The summed E-state index contributed by atoms with van der Waals surface area (Å²) in [4.78, 5) is 24.7. The van der Waals surface area contributed by atoms with E-state index >= 15 is 0 Å². The highest BCUT2D eigenvalue weighted by Crippen LogP contribution is 2.26. The molecule has 9 heteroatoms. The fourth-order valence-electron chi connectivity index (χ4n) is 2.92. The van der Waals surface area contributed by atoms with E-state index in [2.05, 4.69) is 63.3 Å². The first kappa shape index (κ1) is 23.3. The summed E-state index contributed by atoms with van der Waals surface area (Å²) in [5, 5.41) is 14.7. The van der Waals surface area contributed by atoms with E-state index in [4.69, 9.17) is 0 Å². The second-order valence-corrected chi connectivity index (χ2v) is 9.42. The van der Waals surface area contributed by atoms with E-state index in [0.717, 1.165) is 14.8 Å². The molecule has 1 heterocycles. The number of halogens is 1. The van der Waals surface area contributed by atoms with Gasteiger partial charge in [0.2, 0.25) is 5.91 Å². The molecule has 0 aliphatic heterocycles. The Hall–Kier alpha value is -2.40. The molecule has 0 saturated heterocycles. The van der Waals surface area contributed by atoms with Gasteiger partial charge >= 0.3 is 0 Å². The summed E-state index contributed by atoms with van der Waals surface area (Å²) in [5.74, 6) is 0.869. The number of benzene rings is 2. The summed E-state index contributed by atoms with van der Waals surface area (Å²) < 4.78 is 2.92. The molecule has 0 aliphatic carbocycles. The summed E-state index contributed by atoms with van der Waals surface area (Å²) in [7, 11) is 1.82. The highest BCUT2D eigenvalue weighted by molar-refractivity contribution is 14.1. The van der Waals surface area contributed by atoms with Crippen LogP contribution in [0.5, 0.6) is 0 Å². The highest BCUT2D eigenvalue weighted by atomic mass is 127. The van der Waals surface area contributed by atoms with E-state index in [1.165, 1.54) is 11.8 Å². The van der Waals surface area contributed by atoms with Gasteiger partial charge in [0.25, 0.3) is 5.91 Å². The molecule has 0 atom stereocenters. The molecule has 0 spiro atoms. The lowest BCUT2D eigenvalue weighted by atomic mass is 10.0. The van der Waals surface area contributed by atoms with Crippen LogP contribution in [-0.4, -0.2) is 32.3 Å². The smallest absolute Gasteiger partial charge is 0.251 e. The molecule has 0 fully saturated rings. The number of carbonyl (C=O) groups excluding carboxylic acids is 2. The van der Waals surface area contributed by atoms with Crippen molar-refractivity contribution in [1.29, 1.82) is 0 Å². The number of aromatic nitrogens is 3. The van der Waals surface area contributed by atoms with Gasteiger partial charge in [0.05, 0.1) is 12.3 Å². The fraction of sp³-hybridized carbons (Fsp3) is 0.273. The Morgan fingerprint density at radius 1 is 1.13 bits per heavy atom. The Labute approximate surface area is 199 Å². The molecule has 0 radical (unpaired) electrons. The Bertz CT molecular complexity index is 1070. The van der Waals surface area contributed by atoms with Gasteiger partial charge < -0.3 is 15.2 Å². The lowest BCUT2D eigenvalue weighted by Gasteiger charge is -2.14. The van der Waals surface area contributed by atoms with Crippen molar-refractivity contribution in [1.82, 2.24) is 20.1 Å². The minimum absolute atomic E-state index is 0.102. The third-order valence-corrected chi connectivity index (χ3v) is 6.30. The van der Waals surface area contributed by atoms with Gasteiger partial charge in [-0.25, -0.2) is 0 Å². The van der Waals surface area contributed by atoms with Crippen LogP contribution in [0, 0.1) is 3.57 Å². The van der Waals surface area contributed by atoms with E-state index < -0.39 is 0 Å². The number of hydrogen-bond donors (Lipinski definition) is 2. The molecular weight excluding hydrogens is 525 g/mol. The summed E-state index contributed by atoms with van der Waals surface area (Å²) in [6.07, 6.45) is 0. The zero-order chi connectivity index (χ0) is 22.4. The van der Waals surface area contributed by atoms with E-state index in [0.29, 0.717) is 22.5 Å². The molecule has 0 aliphatic rings. The summed E-state index contributed by atoms with van der Waals surface area (Å²) in [6, 6.07) is 15.0. The van der Waals surface area contributed by atoms with Gasteiger partial charge in [-0.05, 0) is 64.4 Å². The van der Waals surface area contributed by atoms with Gasteiger partial charge in [0, 0.05) is 21.9 Å². The summed E-state index contributed by atoms with van der Waals surface area (Å²) in [5.41, 5.74) is 2.54. The molecule has 7 nitrogen and oxygen atoms in total. The van der Waals surface area contributed by atoms with Crippen LogP contribution in [0.2, 0.25) is 0 Å². The third kappa shape index (κ3) is 6.30. The van der Waals surface area contributed by atoms with E-state index in [9.17, 15) is 9.59 Å². The average molecular weight is 549 g/mol. The lowest BCUT2D eigenvalue weighted by molar-refractivity contribution is -0.113. The van der Waals surface area contributed by atoms with Gasteiger partial charge in [-0.15, -0.1) is 10.2 Å². The maximum absolute atomic E-state index is 12.5. The van der Waals surface area contributed by atoms with Crippen LogP contribution in [0.1, 0.15) is 41.5 Å². The van der Waals surface area contributed by atoms with E-state index in [-0.39, 0.29) is 24.1 Å². The van der Waals surface area contributed by atoms with Crippen molar-refractivity contribution >= 4 is 51.9 Å². The molecule has 162 valence electrons. The van der Waals surface area contributed by atoms with Crippen molar-refractivity contribution in [2.24, 2.45) is 7.05 Å². The molecule has 0 unspecified atom stereocenters. The van der Waals surface area contributed by atoms with Gasteiger partial charge in [-0.1, -0.05) is 43.8 Å². The maximum atomic E-state index is 12.5. The SMILES string of the molecule is CC(C)c1cc(I)ccc1NC(=O)CSc1nnc(CNC(=O)c2ccccc2)n1C. The van der Waals surface area contributed by atoms with Crippen molar-refractivity contribution in [3.63, 3.8) is 0 Å². The first-order valence-corrected chi connectivity index (χ1v) is 11.8. The predicted molar refractivity (Wildman–Crippen MR) is 131 cm³/mol. The quantitative estimate of drug-likeness (QED) is 0.325. The maximum Gasteiger partial charge on any atom is 0.251 e. The number of hydrogen-bond acceptors (Lipinski definition) is 5. The van der Waals surface area contributed by atoms with Crippen molar-refractivity contribution in [2.75, 3.05) is 11.1 Å². The van der Waals surface area contributed by atoms with Crippen LogP contribution >= 0.6 is 34.4 Å². The summed E-state index contributed by atoms with van der Waals surface area (Å²) in [6.45, 7) is 4.46. The minimum atomic E-state index is -0.171. The molecule has 2 N–H and O–H groups in total. The third-order valence-electron chi connectivity index (χ3n) is 4.61.